The van der Waals surface area contributed by atoms with Gasteiger partial charge in [-0.2, -0.15) is 0 Å². The molecule has 2 aromatic rings. The minimum Gasteiger partial charge on any atom is -0.456 e. The van der Waals surface area contributed by atoms with Gasteiger partial charge in [0.15, 0.2) is 0 Å². The number of aryl methyl sites for hydroxylation is 1. The smallest absolute Gasteiger partial charge is 0.287 e. The van der Waals surface area contributed by atoms with E-state index in [0.29, 0.717) is 16.0 Å². The third kappa shape index (κ3) is 3.19. The van der Waals surface area contributed by atoms with E-state index in [0.717, 1.165) is 10.9 Å². The Morgan fingerprint density at radius 3 is 2.65 bits per heavy atom. The SMILES string of the molecule is Cc1cc(Oc2cccc([N+](=O)[O-])c2Br)ccc1CBr. The molecule has 0 N–H and O–H groups in total. The lowest BCUT2D eigenvalue weighted by Gasteiger charge is -2.10. The highest BCUT2D eigenvalue weighted by molar-refractivity contribution is 9.10. The summed E-state index contributed by atoms with van der Waals surface area (Å²) in [5.41, 5.74) is 2.26. The molecular formula is C14H11Br2NO3. The Bertz CT molecular complexity index is 659. The standard InChI is InChI=1S/C14H11Br2NO3/c1-9-7-11(6-5-10(9)8-15)20-13-4-2-3-12(14(13)16)17(18)19/h2-7H,8H2,1H3. The molecule has 0 bridgehead atoms. The van der Waals surface area contributed by atoms with Crippen LogP contribution in [0, 0.1) is 17.0 Å². The number of hydrogen-bond donors (Lipinski definition) is 0. The molecule has 0 unspecified atom stereocenters. The maximum atomic E-state index is 10.9. The van der Waals surface area contributed by atoms with Crippen LogP contribution in [0.15, 0.2) is 40.9 Å². The van der Waals surface area contributed by atoms with Crippen LogP contribution >= 0.6 is 31.9 Å². The number of nitro groups is 1. The molecule has 0 amide bonds. The number of ether oxygens (including phenoxy) is 1. The zero-order valence-corrected chi connectivity index (χ0v) is 13.8. The second kappa shape index (κ2) is 6.37. The quantitative estimate of drug-likeness (QED) is 0.394. The average molecular weight is 401 g/mol. The molecule has 2 aromatic carbocycles. The summed E-state index contributed by atoms with van der Waals surface area (Å²) in [5.74, 6) is 1.07. The number of nitrogens with zero attached hydrogens (tertiary/aromatic N) is 1. The number of benzene rings is 2. The van der Waals surface area contributed by atoms with E-state index in [2.05, 4.69) is 31.9 Å². The van der Waals surface area contributed by atoms with E-state index in [9.17, 15) is 10.1 Å². The van der Waals surface area contributed by atoms with Crippen molar-refractivity contribution in [2.45, 2.75) is 12.3 Å². The summed E-state index contributed by atoms with van der Waals surface area (Å²) in [6, 6.07) is 10.4. The molecule has 20 heavy (non-hydrogen) atoms. The molecule has 2 rings (SSSR count). The highest BCUT2D eigenvalue weighted by Crippen LogP contribution is 2.36. The van der Waals surface area contributed by atoms with Crippen LogP contribution in [0.25, 0.3) is 0 Å². The summed E-state index contributed by atoms with van der Waals surface area (Å²) in [6.07, 6.45) is 0. The molecule has 104 valence electrons. The van der Waals surface area contributed by atoms with Crippen molar-refractivity contribution in [1.82, 2.24) is 0 Å². The first kappa shape index (κ1) is 15.0. The lowest BCUT2D eigenvalue weighted by molar-refractivity contribution is -0.385. The maximum Gasteiger partial charge on any atom is 0.287 e. The fourth-order valence-electron chi connectivity index (χ4n) is 1.73. The first-order valence-electron chi connectivity index (χ1n) is 5.79. The van der Waals surface area contributed by atoms with Gasteiger partial charge in [0.1, 0.15) is 16.0 Å². The highest BCUT2D eigenvalue weighted by atomic mass is 79.9. The Hall–Kier alpha value is -1.40. The third-order valence-corrected chi connectivity index (χ3v) is 4.23. The zero-order valence-electron chi connectivity index (χ0n) is 10.6. The largest absolute Gasteiger partial charge is 0.456 e. The Kier molecular flexibility index (Phi) is 4.77. The summed E-state index contributed by atoms with van der Waals surface area (Å²) in [6.45, 7) is 1.99. The van der Waals surface area contributed by atoms with Crippen LogP contribution in [0.2, 0.25) is 0 Å². The van der Waals surface area contributed by atoms with Crippen molar-refractivity contribution < 1.29 is 9.66 Å². The van der Waals surface area contributed by atoms with E-state index in [4.69, 9.17) is 4.74 Å². The van der Waals surface area contributed by atoms with Gasteiger partial charge in [-0.15, -0.1) is 0 Å². The van der Waals surface area contributed by atoms with Gasteiger partial charge in [-0.3, -0.25) is 10.1 Å². The van der Waals surface area contributed by atoms with Crippen molar-refractivity contribution in [3.8, 4) is 11.5 Å². The molecule has 0 heterocycles. The van der Waals surface area contributed by atoms with Gasteiger partial charge in [0.2, 0.25) is 0 Å². The Balaban J connectivity index is 2.33. The van der Waals surface area contributed by atoms with Gasteiger partial charge in [0, 0.05) is 11.4 Å². The number of nitro benzene ring substituents is 1. The molecule has 0 fully saturated rings. The Morgan fingerprint density at radius 2 is 2.05 bits per heavy atom. The normalized spacial score (nSPS) is 10.3. The predicted molar refractivity (Wildman–Crippen MR) is 84.7 cm³/mol. The van der Waals surface area contributed by atoms with Crippen molar-refractivity contribution in [1.29, 1.82) is 0 Å². The molecule has 0 aliphatic rings. The topological polar surface area (TPSA) is 52.4 Å². The second-order valence-electron chi connectivity index (χ2n) is 4.17. The second-order valence-corrected chi connectivity index (χ2v) is 5.52. The summed E-state index contributed by atoms with van der Waals surface area (Å²) in [5, 5.41) is 11.7. The summed E-state index contributed by atoms with van der Waals surface area (Å²) >= 11 is 6.63. The lowest BCUT2D eigenvalue weighted by Crippen LogP contribution is -1.93. The van der Waals surface area contributed by atoms with E-state index >= 15 is 0 Å². The molecule has 0 aromatic heterocycles. The molecule has 0 saturated heterocycles. The van der Waals surface area contributed by atoms with E-state index < -0.39 is 4.92 Å². The van der Waals surface area contributed by atoms with Gasteiger partial charge < -0.3 is 4.74 Å². The number of rotatable bonds is 4. The zero-order chi connectivity index (χ0) is 14.7. The first-order valence-corrected chi connectivity index (χ1v) is 7.70. The third-order valence-electron chi connectivity index (χ3n) is 2.83. The van der Waals surface area contributed by atoms with Gasteiger partial charge >= 0.3 is 0 Å². The Morgan fingerprint density at radius 1 is 1.30 bits per heavy atom. The van der Waals surface area contributed by atoms with Crippen LogP contribution in [0.5, 0.6) is 11.5 Å². The molecular weight excluding hydrogens is 390 g/mol. The van der Waals surface area contributed by atoms with Gasteiger partial charge in [0.05, 0.1) is 4.92 Å². The molecule has 0 radical (unpaired) electrons. The van der Waals surface area contributed by atoms with Crippen LogP contribution < -0.4 is 4.74 Å². The fourth-order valence-corrected chi connectivity index (χ4v) is 2.85. The van der Waals surface area contributed by atoms with Crippen molar-refractivity contribution in [2.24, 2.45) is 0 Å². The summed E-state index contributed by atoms with van der Waals surface area (Å²) in [4.78, 5) is 10.4. The number of alkyl halides is 1. The minimum absolute atomic E-state index is 0.0173. The lowest BCUT2D eigenvalue weighted by atomic mass is 10.1. The van der Waals surface area contributed by atoms with Crippen molar-refractivity contribution in [2.75, 3.05) is 0 Å². The van der Waals surface area contributed by atoms with Gasteiger partial charge in [0.25, 0.3) is 5.69 Å². The molecule has 0 atom stereocenters. The van der Waals surface area contributed by atoms with Crippen LogP contribution in [0.1, 0.15) is 11.1 Å². The van der Waals surface area contributed by atoms with Crippen molar-refractivity contribution >= 4 is 37.5 Å². The van der Waals surface area contributed by atoms with Crippen LogP contribution in [-0.4, -0.2) is 4.92 Å². The summed E-state index contributed by atoms with van der Waals surface area (Å²) < 4.78 is 6.05. The van der Waals surface area contributed by atoms with Crippen LogP contribution in [0.4, 0.5) is 5.69 Å². The Labute approximate surface area is 133 Å². The van der Waals surface area contributed by atoms with Crippen molar-refractivity contribution in [3.05, 3.63) is 62.1 Å². The van der Waals surface area contributed by atoms with Crippen LogP contribution in [0.3, 0.4) is 0 Å². The molecule has 4 nitrogen and oxygen atoms in total. The van der Waals surface area contributed by atoms with Crippen LogP contribution in [-0.2, 0) is 5.33 Å². The van der Waals surface area contributed by atoms with Crippen molar-refractivity contribution in [3.63, 3.8) is 0 Å². The van der Waals surface area contributed by atoms with Gasteiger partial charge in [-0.25, -0.2) is 0 Å². The first-order chi connectivity index (χ1) is 9.52. The summed E-state index contributed by atoms with van der Waals surface area (Å²) in [7, 11) is 0. The fraction of sp³-hybridized carbons (Fsp3) is 0.143. The van der Waals surface area contributed by atoms with Gasteiger partial charge in [-0.1, -0.05) is 28.1 Å². The van der Waals surface area contributed by atoms with Gasteiger partial charge in [-0.05, 0) is 52.2 Å². The molecule has 0 aliphatic heterocycles. The molecule has 6 heteroatoms. The number of halogens is 2. The van der Waals surface area contributed by atoms with E-state index in [1.165, 1.54) is 11.6 Å². The molecule has 0 saturated carbocycles. The van der Waals surface area contributed by atoms with E-state index in [1.807, 2.05) is 25.1 Å². The minimum atomic E-state index is -0.448. The highest BCUT2D eigenvalue weighted by Gasteiger charge is 2.16. The average Bonchev–Trinajstić information content (AvgIpc) is 2.41. The van der Waals surface area contributed by atoms with E-state index in [1.54, 1.807) is 12.1 Å². The monoisotopic (exact) mass is 399 g/mol. The van der Waals surface area contributed by atoms with E-state index in [-0.39, 0.29) is 5.69 Å². The molecule has 0 spiro atoms. The maximum absolute atomic E-state index is 10.9. The predicted octanol–water partition coefficient (Wildman–Crippen LogP) is 5.35. The number of hydrogen-bond acceptors (Lipinski definition) is 3. The molecule has 0 aliphatic carbocycles.